The van der Waals surface area contributed by atoms with Crippen LogP contribution >= 0.6 is 22.9 Å². The zero-order chi connectivity index (χ0) is 13.4. The lowest BCUT2D eigenvalue weighted by Gasteiger charge is -2.07. The van der Waals surface area contributed by atoms with E-state index < -0.39 is 0 Å². The fourth-order valence-corrected chi connectivity index (χ4v) is 2.93. The number of benzene rings is 1. The summed E-state index contributed by atoms with van der Waals surface area (Å²) in [6.07, 6.45) is 0. The topological polar surface area (TPSA) is 63.8 Å². The van der Waals surface area contributed by atoms with Gasteiger partial charge in [0.05, 0.1) is 5.39 Å². The van der Waals surface area contributed by atoms with Crippen molar-refractivity contribution in [3.05, 3.63) is 40.2 Å². The van der Waals surface area contributed by atoms with Crippen LogP contribution in [-0.4, -0.2) is 9.97 Å². The quantitative estimate of drug-likeness (QED) is 0.749. The molecule has 19 heavy (non-hydrogen) atoms. The maximum atomic E-state index is 5.97. The number of nitrogens with one attached hydrogen (secondary N) is 1. The van der Waals surface area contributed by atoms with Crippen LogP contribution in [0.4, 0.5) is 17.5 Å². The van der Waals surface area contributed by atoms with Gasteiger partial charge in [-0.1, -0.05) is 17.7 Å². The highest BCUT2D eigenvalue weighted by molar-refractivity contribution is 7.18. The van der Waals surface area contributed by atoms with Crippen molar-refractivity contribution in [1.82, 2.24) is 9.97 Å². The van der Waals surface area contributed by atoms with Crippen molar-refractivity contribution < 1.29 is 0 Å². The number of nitrogens with two attached hydrogens (primary N) is 1. The molecule has 0 radical (unpaired) electrons. The van der Waals surface area contributed by atoms with Crippen LogP contribution in [-0.2, 0) is 0 Å². The van der Waals surface area contributed by atoms with Crippen LogP contribution in [0.15, 0.2) is 30.3 Å². The number of thiophene rings is 1. The molecule has 0 aliphatic carbocycles. The van der Waals surface area contributed by atoms with Crippen molar-refractivity contribution in [2.75, 3.05) is 11.1 Å². The Hall–Kier alpha value is -1.85. The first kappa shape index (κ1) is 12.2. The smallest absolute Gasteiger partial charge is 0.223 e. The number of fused-ring (bicyclic) bond motifs is 1. The van der Waals surface area contributed by atoms with Gasteiger partial charge in [0.1, 0.15) is 10.6 Å². The summed E-state index contributed by atoms with van der Waals surface area (Å²) in [6, 6.07) is 9.52. The van der Waals surface area contributed by atoms with Gasteiger partial charge < -0.3 is 11.1 Å². The molecule has 2 aromatic heterocycles. The number of hydrogen-bond donors (Lipinski definition) is 2. The van der Waals surface area contributed by atoms with Crippen LogP contribution < -0.4 is 11.1 Å². The first-order chi connectivity index (χ1) is 9.11. The first-order valence-electron chi connectivity index (χ1n) is 5.68. The molecule has 0 saturated carbocycles. The molecule has 3 aromatic rings. The van der Waals surface area contributed by atoms with Gasteiger partial charge in [-0.3, -0.25) is 0 Å². The molecule has 0 amide bonds. The molecule has 4 nitrogen and oxygen atoms in total. The lowest BCUT2D eigenvalue weighted by molar-refractivity contribution is 1.24. The Morgan fingerprint density at radius 3 is 2.89 bits per heavy atom. The molecule has 0 spiro atoms. The largest absolute Gasteiger partial charge is 0.368 e. The van der Waals surface area contributed by atoms with E-state index in [2.05, 4.69) is 15.3 Å². The van der Waals surface area contributed by atoms with Crippen molar-refractivity contribution in [2.24, 2.45) is 0 Å². The summed E-state index contributed by atoms with van der Waals surface area (Å²) in [4.78, 5) is 10.5. The predicted molar refractivity (Wildman–Crippen MR) is 81.3 cm³/mol. The molecule has 1 aromatic carbocycles. The molecule has 3 rings (SSSR count). The summed E-state index contributed by atoms with van der Waals surface area (Å²) in [7, 11) is 0. The molecule has 0 unspecified atom stereocenters. The van der Waals surface area contributed by atoms with Crippen molar-refractivity contribution in [3.63, 3.8) is 0 Å². The van der Waals surface area contributed by atoms with E-state index in [4.69, 9.17) is 17.3 Å². The summed E-state index contributed by atoms with van der Waals surface area (Å²) in [6.45, 7) is 2.03. The molecular formula is C13H11ClN4S. The SMILES string of the molecule is Cc1cc2c(Nc3cccc(Cl)c3)nc(N)nc2s1. The number of nitrogen functional groups attached to an aromatic ring is 1. The van der Waals surface area contributed by atoms with Crippen LogP contribution in [0.25, 0.3) is 10.2 Å². The Balaban J connectivity index is 2.09. The Labute approximate surface area is 119 Å². The van der Waals surface area contributed by atoms with Gasteiger partial charge >= 0.3 is 0 Å². The van der Waals surface area contributed by atoms with E-state index in [-0.39, 0.29) is 5.95 Å². The average Bonchev–Trinajstić information content (AvgIpc) is 2.69. The van der Waals surface area contributed by atoms with E-state index in [1.165, 1.54) is 4.88 Å². The zero-order valence-corrected chi connectivity index (χ0v) is 11.7. The van der Waals surface area contributed by atoms with Crippen LogP contribution in [0.2, 0.25) is 5.02 Å². The molecule has 0 atom stereocenters. The van der Waals surface area contributed by atoms with Gasteiger partial charge in [0.25, 0.3) is 0 Å². The molecule has 0 fully saturated rings. The lowest BCUT2D eigenvalue weighted by atomic mass is 10.3. The summed E-state index contributed by atoms with van der Waals surface area (Å²) in [5, 5.41) is 4.87. The van der Waals surface area contributed by atoms with Gasteiger partial charge in [-0.05, 0) is 31.2 Å². The predicted octanol–water partition coefficient (Wildman–Crippen LogP) is 3.98. The Morgan fingerprint density at radius 2 is 2.11 bits per heavy atom. The second-order valence-electron chi connectivity index (χ2n) is 4.14. The average molecular weight is 291 g/mol. The molecule has 6 heteroatoms. The second-order valence-corrected chi connectivity index (χ2v) is 5.81. The van der Waals surface area contributed by atoms with E-state index in [0.717, 1.165) is 15.9 Å². The van der Waals surface area contributed by atoms with E-state index >= 15 is 0 Å². The van der Waals surface area contributed by atoms with E-state index in [1.807, 2.05) is 37.3 Å². The molecule has 0 bridgehead atoms. The summed E-state index contributed by atoms with van der Waals surface area (Å²) in [5.74, 6) is 0.966. The fourth-order valence-electron chi connectivity index (χ4n) is 1.86. The van der Waals surface area contributed by atoms with Gasteiger partial charge in [-0.15, -0.1) is 11.3 Å². The second kappa shape index (κ2) is 4.68. The fraction of sp³-hybridized carbons (Fsp3) is 0.0769. The van der Waals surface area contributed by atoms with Crippen molar-refractivity contribution >= 4 is 50.6 Å². The molecule has 0 aliphatic heterocycles. The van der Waals surface area contributed by atoms with E-state index in [0.29, 0.717) is 10.8 Å². The number of hydrogen-bond acceptors (Lipinski definition) is 5. The molecule has 0 saturated heterocycles. The summed E-state index contributed by atoms with van der Waals surface area (Å²) >= 11 is 7.57. The number of halogens is 1. The molecular weight excluding hydrogens is 280 g/mol. The van der Waals surface area contributed by atoms with Crippen molar-refractivity contribution in [1.29, 1.82) is 0 Å². The number of rotatable bonds is 2. The lowest BCUT2D eigenvalue weighted by Crippen LogP contribution is -2.00. The van der Waals surface area contributed by atoms with Gasteiger partial charge in [0, 0.05) is 15.6 Å². The molecule has 2 heterocycles. The number of nitrogens with zero attached hydrogens (tertiary/aromatic N) is 2. The maximum Gasteiger partial charge on any atom is 0.223 e. The van der Waals surface area contributed by atoms with Gasteiger partial charge in [0.2, 0.25) is 5.95 Å². The zero-order valence-electron chi connectivity index (χ0n) is 10.1. The highest BCUT2D eigenvalue weighted by atomic mass is 35.5. The van der Waals surface area contributed by atoms with E-state index in [1.54, 1.807) is 11.3 Å². The van der Waals surface area contributed by atoms with Crippen molar-refractivity contribution in [2.45, 2.75) is 6.92 Å². The third kappa shape index (κ3) is 2.47. The highest BCUT2D eigenvalue weighted by Crippen LogP contribution is 2.31. The number of aryl methyl sites for hydroxylation is 1. The van der Waals surface area contributed by atoms with E-state index in [9.17, 15) is 0 Å². The standard InChI is InChI=1S/C13H11ClN4S/c1-7-5-10-11(17-13(15)18-12(10)19-7)16-9-4-2-3-8(14)6-9/h2-6H,1H3,(H3,15,16,17,18). The van der Waals surface area contributed by atoms with Gasteiger partial charge in [-0.2, -0.15) is 4.98 Å². The number of aromatic nitrogens is 2. The third-order valence-corrected chi connectivity index (χ3v) is 3.80. The molecule has 96 valence electrons. The minimum atomic E-state index is 0.263. The van der Waals surface area contributed by atoms with Gasteiger partial charge in [-0.25, -0.2) is 4.98 Å². The highest BCUT2D eigenvalue weighted by Gasteiger charge is 2.09. The van der Waals surface area contributed by atoms with Crippen molar-refractivity contribution in [3.8, 4) is 0 Å². The summed E-state index contributed by atoms with van der Waals surface area (Å²) in [5.41, 5.74) is 6.61. The normalized spacial score (nSPS) is 10.8. The summed E-state index contributed by atoms with van der Waals surface area (Å²) < 4.78 is 0. The Morgan fingerprint density at radius 1 is 1.26 bits per heavy atom. The van der Waals surface area contributed by atoms with Crippen LogP contribution in [0.3, 0.4) is 0 Å². The molecule has 3 N–H and O–H groups in total. The minimum Gasteiger partial charge on any atom is -0.368 e. The molecule has 0 aliphatic rings. The van der Waals surface area contributed by atoms with Crippen LogP contribution in [0, 0.1) is 6.92 Å². The maximum absolute atomic E-state index is 5.97. The van der Waals surface area contributed by atoms with Crippen LogP contribution in [0.5, 0.6) is 0 Å². The third-order valence-electron chi connectivity index (χ3n) is 2.62. The number of anilines is 3. The van der Waals surface area contributed by atoms with Gasteiger partial charge in [0.15, 0.2) is 0 Å². The Bertz CT molecular complexity index is 753. The Kier molecular flexibility index (Phi) is 3.00. The minimum absolute atomic E-state index is 0.263. The van der Waals surface area contributed by atoms with Crippen LogP contribution in [0.1, 0.15) is 4.88 Å². The first-order valence-corrected chi connectivity index (χ1v) is 6.87. The monoisotopic (exact) mass is 290 g/mol.